The van der Waals surface area contributed by atoms with Crippen LogP contribution in [0.4, 0.5) is 13.2 Å². The zero-order valence-electron chi connectivity index (χ0n) is 21.9. The topological polar surface area (TPSA) is 75.6 Å². The molecule has 3 fully saturated rings. The van der Waals surface area contributed by atoms with Gasteiger partial charge in [0.05, 0.1) is 18.3 Å². The van der Waals surface area contributed by atoms with Gasteiger partial charge in [-0.2, -0.15) is 13.2 Å². The first kappa shape index (κ1) is 27.0. The Kier molecular flexibility index (Phi) is 6.99. The fraction of sp³-hybridized carbons (Fsp3) is 0.600. The summed E-state index contributed by atoms with van der Waals surface area (Å²) in [7, 11) is 0. The first-order valence-corrected chi connectivity index (χ1v) is 13.6. The lowest BCUT2D eigenvalue weighted by molar-refractivity contribution is -0.141. The number of fused-ring (bicyclic) bond motifs is 5. The van der Waals surface area contributed by atoms with E-state index in [1.54, 1.807) is 12.2 Å². The van der Waals surface area contributed by atoms with Crippen molar-refractivity contribution in [1.29, 1.82) is 0 Å². The Hall–Kier alpha value is -2.61. The highest BCUT2D eigenvalue weighted by Gasteiger charge is 2.62. The van der Waals surface area contributed by atoms with Gasteiger partial charge in [-0.1, -0.05) is 25.5 Å². The molecular weight excluding hydrogens is 495 g/mol. The minimum Gasteiger partial charge on any atom is -0.494 e. The van der Waals surface area contributed by atoms with Crippen molar-refractivity contribution in [1.82, 2.24) is 5.32 Å². The summed E-state index contributed by atoms with van der Waals surface area (Å²) < 4.78 is 43.6. The van der Waals surface area contributed by atoms with Gasteiger partial charge in [-0.05, 0) is 92.2 Å². The fourth-order valence-electron chi connectivity index (χ4n) is 8.09. The fourth-order valence-corrected chi connectivity index (χ4v) is 8.09. The molecular formula is C30H36F3NO4. The van der Waals surface area contributed by atoms with E-state index in [-0.39, 0.29) is 41.0 Å². The van der Waals surface area contributed by atoms with Crippen molar-refractivity contribution in [2.75, 3.05) is 13.2 Å². The Labute approximate surface area is 221 Å². The van der Waals surface area contributed by atoms with Crippen molar-refractivity contribution in [2.24, 2.45) is 34.5 Å². The Morgan fingerprint density at radius 1 is 1.16 bits per heavy atom. The normalized spacial score (nSPS) is 36.1. The zero-order chi connectivity index (χ0) is 27.3. The second-order valence-electron chi connectivity index (χ2n) is 11.9. The van der Waals surface area contributed by atoms with E-state index in [1.165, 1.54) is 12.1 Å². The molecule has 8 heteroatoms. The molecule has 0 aliphatic heterocycles. The number of halogens is 3. The number of rotatable bonds is 6. The molecule has 0 radical (unpaired) electrons. The van der Waals surface area contributed by atoms with Gasteiger partial charge in [0.15, 0.2) is 5.78 Å². The van der Waals surface area contributed by atoms with E-state index < -0.39 is 17.8 Å². The number of hydrogen-bond acceptors (Lipinski definition) is 4. The van der Waals surface area contributed by atoms with E-state index in [1.807, 2.05) is 6.08 Å². The van der Waals surface area contributed by atoms with Crippen LogP contribution < -0.4 is 10.1 Å². The van der Waals surface area contributed by atoms with Gasteiger partial charge in [0.1, 0.15) is 5.75 Å². The average molecular weight is 532 g/mol. The zero-order valence-corrected chi connectivity index (χ0v) is 21.9. The van der Waals surface area contributed by atoms with Crippen molar-refractivity contribution in [3.8, 4) is 5.75 Å². The highest BCUT2D eigenvalue weighted by Crippen LogP contribution is 2.65. The van der Waals surface area contributed by atoms with Crippen molar-refractivity contribution in [3.05, 3.63) is 53.6 Å². The summed E-state index contributed by atoms with van der Waals surface area (Å²) >= 11 is 0. The smallest absolute Gasteiger partial charge is 0.416 e. The maximum Gasteiger partial charge on any atom is 0.416 e. The van der Waals surface area contributed by atoms with Crippen LogP contribution in [0.3, 0.4) is 0 Å². The molecule has 7 unspecified atom stereocenters. The number of alkyl halides is 3. The molecule has 1 aromatic carbocycles. The minimum atomic E-state index is -4.38. The third-order valence-electron chi connectivity index (χ3n) is 9.88. The van der Waals surface area contributed by atoms with E-state index >= 15 is 0 Å². The molecule has 5 rings (SSSR count). The van der Waals surface area contributed by atoms with Crippen LogP contribution in [0.1, 0.15) is 57.9 Å². The molecule has 206 valence electrons. The van der Waals surface area contributed by atoms with Gasteiger partial charge in [-0.25, -0.2) is 0 Å². The van der Waals surface area contributed by atoms with E-state index in [4.69, 9.17) is 4.74 Å². The summed E-state index contributed by atoms with van der Waals surface area (Å²) in [6.45, 7) is 5.01. The van der Waals surface area contributed by atoms with E-state index in [0.717, 1.165) is 43.4 Å². The van der Waals surface area contributed by atoms with Crippen LogP contribution in [0.5, 0.6) is 5.75 Å². The molecule has 2 N–H and O–H groups in total. The molecule has 7 atom stereocenters. The summed E-state index contributed by atoms with van der Waals surface area (Å²) in [6, 6.07) is 4.58. The van der Waals surface area contributed by atoms with Crippen molar-refractivity contribution < 1.29 is 32.6 Å². The van der Waals surface area contributed by atoms with E-state index in [2.05, 4.69) is 19.2 Å². The van der Waals surface area contributed by atoms with Gasteiger partial charge in [0, 0.05) is 23.8 Å². The van der Waals surface area contributed by atoms with Crippen molar-refractivity contribution >= 4 is 11.7 Å². The molecule has 5 nitrogen and oxygen atoms in total. The van der Waals surface area contributed by atoms with Crippen LogP contribution in [0.2, 0.25) is 0 Å². The minimum absolute atomic E-state index is 0.000875. The number of carbonyl (C=O) groups is 2. The number of ketones is 1. The molecule has 4 aliphatic rings. The van der Waals surface area contributed by atoms with Gasteiger partial charge in [-0.15, -0.1) is 0 Å². The SMILES string of the molecule is CC12C=CC(=O)C=C1CCC1C2C(O)CC2(C)C(C(=O)NCCCOc3ccc(C(F)(F)F)cc3)CCC12. The summed E-state index contributed by atoms with van der Waals surface area (Å²) in [5.41, 5.74) is -0.193. The number of nitrogens with one attached hydrogen (secondary N) is 1. The monoisotopic (exact) mass is 531 g/mol. The highest BCUT2D eigenvalue weighted by molar-refractivity contribution is 6.01. The van der Waals surface area contributed by atoms with Gasteiger partial charge in [0.25, 0.3) is 0 Å². The van der Waals surface area contributed by atoms with E-state index in [0.29, 0.717) is 37.0 Å². The summed E-state index contributed by atoms with van der Waals surface area (Å²) in [5, 5.41) is 14.5. The second-order valence-corrected chi connectivity index (χ2v) is 11.9. The van der Waals surface area contributed by atoms with Gasteiger partial charge in [-0.3, -0.25) is 9.59 Å². The first-order chi connectivity index (χ1) is 17.9. The third kappa shape index (κ3) is 4.69. The standard InChI is InChI=1S/C30H36F3NO4/c1-28-13-12-20(35)16-19(28)6-9-22-23-10-11-24(29(23,2)17-25(36)26(22)28)27(37)34-14-3-15-38-21-7-4-18(5-8-21)30(31,32)33/h4-5,7-8,12-13,16,22-26,36H,3,6,9-11,14-15,17H2,1-2H3,(H,34,37). The summed E-state index contributed by atoms with van der Waals surface area (Å²) in [4.78, 5) is 25.2. The van der Waals surface area contributed by atoms with Crippen LogP contribution in [-0.4, -0.2) is 36.1 Å². The van der Waals surface area contributed by atoms with Crippen LogP contribution in [0.25, 0.3) is 0 Å². The van der Waals surface area contributed by atoms with Crippen LogP contribution in [-0.2, 0) is 15.8 Å². The number of benzene rings is 1. The predicted octanol–water partition coefficient (Wildman–Crippen LogP) is 5.49. The maximum atomic E-state index is 13.3. The summed E-state index contributed by atoms with van der Waals surface area (Å²) in [6.07, 6.45) is 5.10. The molecule has 1 aromatic rings. The summed E-state index contributed by atoms with van der Waals surface area (Å²) in [5.74, 6) is 0.908. The molecule has 0 saturated heterocycles. The molecule has 1 amide bonds. The molecule has 3 saturated carbocycles. The largest absolute Gasteiger partial charge is 0.494 e. The van der Waals surface area contributed by atoms with Crippen molar-refractivity contribution in [2.45, 2.75) is 64.7 Å². The van der Waals surface area contributed by atoms with E-state index in [9.17, 15) is 27.9 Å². The maximum absolute atomic E-state index is 13.3. The molecule has 0 bridgehead atoms. The Morgan fingerprint density at radius 3 is 2.61 bits per heavy atom. The molecule has 38 heavy (non-hydrogen) atoms. The van der Waals surface area contributed by atoms with Crippen molar-refractivity contribution in [3.63, 3.8) is 0 Å². The Balaban J connectivity index is 1.16. The van der Waals surface area contributed by atoms with Gasteiger partial charge < -0.3 is 15.2 Å². The second kappa shape index (κ2) is 9.85. The van der Waals surface area contributed by atoms with Gasteiger partial charge >= 0.3 is 6.18 Å². The molecule has 4 aliphatic carbocycles. The molecule has 0 aromatic heterocycles. The lowest BCUT2D eigenvalue weighted by Gasteiger charge is -2.58. The lowest BCUT2D eigenvalue weighted by atomic mass is 9.47. The van der Waals surface area contributed by atoms with Crippen LogP contribution in [0.15, 0.2) is 48.1 Å². The number of allylic oxidation sites excluding steroid dienone is 4. The number of amides is 1. The van der Waals surface area contributed by atoms with Gasteiger partial charge in [0.2, 0.25) is 5.91 Å². The van der Waals surface area contributed by atoms with Crippen LogP contribution in [0, 0.1) is 34.5 Å². The first-order valence-electron chi connectivity index (χ1n) is 13.6. The quantitative estimate of drug-likeness (QED) is 0.477. The lowest BCUT2D eigenvalue weighted by Crippen LogP contribution is -2.57. The number of aliphatic hydroxyl groups excluding tert-OH is 1. The van der Waals surface area contributed by atoms with Crippen LogP contribution >= 0.6 is 0 Å². The molecule has 0 spiro atoms. The number of hydrogen-bond donors (Lipinski definition) is 2. The molecule has 0 heterocycles. The number of ether oxygens (including phenoxy) is 1. The predicted molar refractivity (Wildman–Crippen MR) is 136 cm³/mol. The average Bonchev–Trinajstić information content (AvgIpc) is 3.20. The number of aliphatic hydroxyl groups is 1. The number of carbonyl (C=O) groups excluding carboxylic acids is 2. The Bertz CT molecular complexity index is 1140. The Morgan fingerprint density at radius 2 is 1.89 bits per heavy atom. The highest BCUT2D eigenvalue weighted by atomic mass is 19.4. The third-order valence-corrected chi connectivity index (χ3v) is 9.88.